The molecular formula is C18H22N6O. The van der Waals surface area contributed by atoms with Crippen LogP contribution in [0.25, 0.3) is 11.2 Å². The molecule has 0 aromatic carbocycles. The second kappa shape index (κ2) is 6.66. The Hall–Kier alpha value is -2.70. The minimum absolute atomic E-state index is 0.449. The third-order valence-electron chi connectivity index (χ3n) is 4.63. The minimum Gasteiger partial charge on any atom is -0.477 e. The summed E-state index contributed by atoms with van der Waals surface area (Å²) in [6.45, 7) is 4.54. The number of ether oxygens (including phenoxy) is 1. The molecule has 25 heavy (non-hydrogen) atoms. The van der Waals surface area contributed by atoms with E-state index in [1.54, 1.807) is 12.7 Å². The summed E-state index contributed by atoms with van der Waals surface area (Å²) >= 11 is 0. The summed E-state index contributed by atoms with van der Waals surface area (Å²) in [5.74, 6) is 2.07. The van der Waals surface area contributed by atoms with Crippen LogP contribution < -0.4 is 9.64 Å². The normalized spacial score (nSPS) is 17.8. The first-order chi connectivity index (χ1) is 12.2. The average molecular weight is 338 g/mol. The van der Waals surface area contributed by atoms with E-state index in [1.807, 2.05) is 36.7 Å². The Bertz CT molecular complexity index is 877. The van der Waals surface area contributed by atoms with Gasteiger partial charge in [-0.3, -0.25) is 0 Å². The van der Waals surface area contributed by atoms with Crippen LogP contribution in [-0.2, 0) is 7.05 Å². The van der Waals surface area contributed by atoms with Gasteiger partial charge in [0.1, 0.15) is 6.33 Å². The van der Waals surface area contributed by atoms with Crippen molar-refractivity contribution in [1.29, 1.82) is 0 Å². The average Bonchev–Trinajstić information content (AvgIpc) is 3.02. The molecule has 7 heteroatoms. The van der Waals surface area contributed by atoms with E-state index in [9.17, 15) is 0 Å². The number of piperidine rings is 1. The molecule has 1 atom stereocenters. The van der Waals surface area contributed by atoms with Crippen molar-refractivity contribution in [2.45, 2.75) is 19.8 Å². The molecule has 0 amide bonds. The molecule has 0 N–H and O–H groups in total. The van der Waals surface area contributed by atoms with Gasteiger partial charge in [-0.2, -0.15) is 0 Å². The molecule has 0 spiro atoms. The summed E-state index contributed by atoms with van der Waals surface area (Å²) in [7, 11) is 1.95. The molecule has 130 valence electrons. The molecule has 0 aliphatic carbocycles. The van der Waals surface area contributed by atoms with Crippen LogP contribution in [0.3, 0.4) is 0 Å². The molecule has 4 heterocycles. The van der Waals surface area contributed by atoms with Crippen LogP contribution in [0.2, 0.25) is 0 Å². The van der Waals surface area contributed by atoms with Gasteiger partial charge < -0.3 is 14.2 Å². The third kappa shape index (κ3) is 3.26. The van der Waals surface area contributed by atoms with Gasteiger partial charge in [0, 0.05) is 37.8 Å². The fraction of sp³-hybridized carbons (Fsp3) is 0.444. The van der Waals surface area contributed by atoms with E-state index < -0.39 is 0 Å². The lowest BCUT2D eigenvalue weighted by molar-refractivity contribution is 0.221. The molecule has 1 saturated heterocycles. The van der Waals surface area contributed by atoms with Crippen LogP contribution in [0.1, 0.15) is 18.5 Å². The minimum atomic E-state index is 0.449. The van der Waals surface area contributed by atoms with Crippen LogP contribution >= 0.6 is 0 Å². The molecule has 3 aromatic heterocycles. The number of pyridine rings is 1. The highest BCUT2D eigenvalue weighted by Gasteiger charge is 2.24. The van der Waals surface area contributed by atoms with Gasteiger partial charge in [0.15, 0.2) is 17.0 Å². The molecule has 7 nitrogen and oxygen atoms in total. The fourth-order valence-electron chi connectivity index (χ4n) is 3.36. The van der Waals surface area contributed by atoms with Crippen molar-refractivity contribution < 1.29 is 4.74 Å². The molecule has 1 aliphatic rings. The van der Waals surface area contributed by atoms with Crippen LogP contribution in [0.15, 0.2) is 30.9 Å². The lowest BCUT2D eigenvalue weighted by Crippen LogP contribution is -2.38. The summed E-state index contributed by atoms with van der Waals surface area (Å²) in [5, 5.41) is 0. The standard InChI is InChI=1S/C18H22N6O/c1-13-5-3-7-15(22-13)25-10-14-6-4-8-24(9-14)18-16-17(19-11-20-18)23(2)12-21-16/h3,5,7,11-12,14H,4,6,8-10H2,1-2H3. The lowest BCUT2D eigenvalue weighted by Gasteiger charge is -2.33. The summed E-state index contributed by atoms with van der Waals surface area (Å²) in [6, 6.07) is 5.86. The lowest BCUT2D eigenvalue weighted by atomic mass is 9.99. The highest BCUT2D eigenvalue weighted by atomic mass is 16.5. The Morgan fingerprint density at radius 3 is 3.04 bits per heavy atom. The van der Waals surface area contributed by atoms with Gasteiger partial charge in [-0.05, 0) is 25.8 Å². The maximum Gasteiger partial charge on any atom is 0.213 e. The van der Waals surface area contributed by atoms with Gasteiger partial charge in [-0.1, -0.05) is 6.07 Å². The predicted octanol–water partition coefficient (Wildman–Crippen LogP) is 2.36. The molecule has 1 fully saturated rings. The molecule has 1 unspecified atom stereocenters. The van der Waals surface area contributed by atoms with E-state index >= 15 is 0 Å². The number of nitrogens with zero attached hydrogens (tertiary/aromatic N) is 6. The van der Waals surface area contributed by atoms with E-state index in [0.717, 1.165) is 48.6 Å². The van der Waals surface area contributed by atoms with Crippen molar-refractivity contribution in [3.8, 4) is 5.88 Å². The second-order valence-electron chi connectivity index (χ2n) is 6.61. The molecule has 0 saturated carbocycles. The monoisotopic (exact) mass is 338 g/mol. The zero-order valence-corrected chi connectivity index (χ0v) is 14.6. The van der Waals surface area contributed by atoms with Crippen molar-refractivity contribution in [2.75, 3.05) is 24.6 Å². The fourth-order valence-corrected chi connectivity index (χ4v) is 3.36. The topological polar surface area (TPSA) is 69.0 Å². The van der Waals surface area contributed by atoms with Crippen molar-refractivity contribution in [1.82, 2.24) is 24.5 Å². The van der Waals surface area contributed by atoms with Crippen molar-refractivity contribution >= 4 is 17.0 Å². The maximum absolute atomic E-state index is 5.91. The smallest absolute Gasteiger partial charge is 0.213 e. The van der Waals surface area contributed by atoms with Gasteiger partial charge in [0.25, 0.3) is 0 Å². The summed E-state index contributed by atoms with van der Waals surface area (Å²) in [5.41, 5.74) is 2.71. The van der Waals surface area contributed by atoms with Crippen LogP contribution in [0, 0.1) is 12.8 Å². The first-order valence-electron chi connectivity index (χ1n) is 8.64. The number of aromatic nitrogens is 5. The number of hydrogen-bond donors (Lipinski definition) is 0. The number of aryl methyl sites for hydroxylation is 2. The van der Waals surface area contributed by atoms with Crippen LogP contribution in [0.5, 0.6) is 5.88 Å². The Morgan fingerprint density at radius 2 is 2.16 bits per heavy atom. The molecule has 4 rings (SSSR count). The van der Waals surface area contributed by atoms with Crippen molar-refractivity contribution in [2.24, 2.45) is 13.0 Å². The third-order valence-corrected chi connectivity index (χ3v) is 4.63. The van der Waals surface area contributed by atoms with Gasteiger partial charge >= 0.3 is 0 Å². The maximum atomic E-state index is 5.91. The first kappa shape index (κ1) is 15.8. The van der Waals surface area contributed by atoms with Crippen molar-refractivity contribution in [3.63, 3.8) is 0 Å². The highest BCUT2D eigenvalue weighted by molar-refractivity contribution is 5.83. The summed E-state index contributed by atoms with van der Waals surface area (Å²) in [6.07, 6.45) is 5.68. The van der Waals surface area contributed by atoms with E-state index in [4.69, 9.17) is 4.74 Å². The zero-order valence-electron chi connectivity index (χ0n) is 14.6. The van der Waals surface area contributed by atoms with E-state index in [-0.39, 0.29) is 0 Å². The van der Waals surface area contributed by atoms with Gasteiger partial charge in [0.2, 0.25) is 5.88 Å². The molecular weight excluding hydrogens is 316 g/mol. The number of rotatable bonds is 4. The molecule has 3 aromatic rings. The Labute approximate surface area is 146 Å². The molecule has 1 aliphatic heterocycles. The van der Waals surface area contributed by atoms with Crippen molar-refractivity contribution in [3.05, 3.63) is 36.5 Å². The number of imidazole rings is 1. The Morgan fingerprint density at radius 1 is 1.24 bits per heavy atom. The van der Waals surface area contributed by atoms with E-state index in [0.29, 0.717) is 18.4 Å². The summed E-state index contributed by atoms with van der Waals surface area (Å²) in [4.78, 5) is 20.0. The Balaban J connectivity index is 1.47. The number of hydrogen-bond acceptors (Lipinski definition) is 6. The van der Waals surface area contributed by atoms with E-state index in [1.165, 1.54) is 0 Å². The van der Waals surface area contributed by atoms with Crippen LogP contribution in [0.4, 0.5) is 5.82 Å². The molecule has 0 radical (unpaired) electrons. The number of anilines is 1. The SMILES string of the molecule is Cc1cccc(OCC2CCCN(c3ncnc4c3ncn4C)C2)n1. The quantitative estimate of drug-likeness (QED) is 0.727. The summed E-state index contributed by atoms with van der Waals surface area (Å²) < 4.78 is 7.84. The van der Waals surface area contributed by atoms with Gasteiger partial charge in [-0.25, -0.2) is 19.9 Å². The second-order valence-corrected chi connectivity index (χ2v) is 6.61. The zero-order chi connectivity index (χ0) is 17.2. The molecule has 0 bridgehead atoms. The predicted molar refractivity (Wildman–Crippen MR) is 95.7 cm³/mol. The van der Waals surface area contributed by atoms with Gasteiger partial charge in [0.05, 0.1) is 12.9 Å². The number of fused-ring (bicyclic) bond motifs is 1. The Kier molecular flexibility index (Phi) is 4.21. The van der Waals surface area contributed by atoms with Crippen LogP contribution in [-0.4, -0.2) is 44.2 Å². The highest BCUT2D eigenvalue weighted by Crippen LogP contribution is 2.26. The first-order valence-corrected chi connectivity index (χ1v) is 8.64. The van der Waals surface area contributed by atoms with E-state index in [2.05, 4.69) is 24.8 Å². The largest absolute Gasteiger partial charge is 0.477 e. The van der Waals surface area contributed by atoms with Gasteiger partial charge in [-0.15, -0.1) is 0 Å².